The van der Waals surface area contributed by atoms with Crippen molar-refractivity contribution in [2.75, 3.05) is 65.6 Å². The number of carbonyl (C=O) groups excluding carboxylic acids is 1. The SMILES string of the molecule is O=C(C1CCN(CC2=CCNC=C2)CC1)N1CCN(Cc2ccc3c(c2)OCCO3)CC1. The number of nitrogens with one attached hydrogen (secondary N) is 1. The first-order chi connectivity index (χ1) is 15.7. The van der Waals surface area contributed by atoms with Crippen molar-refractivity contribution in [2.45, 2.75) is 19.4 Å². The lowest BCUT2D eigenvalue weighted by Gasteiger charge is -2.38. The van der Waals surface area contributed by atoms with E-state index in [1.807, 2.05) is 12.3 Å². The summed E-state index contributed by atoms with van der Waals surface area (Å²) in [7, 11) is 0. The molecule has 4 heterocycles. The van der Waals surface area contributed by atoms with Crippen LogP contribution in [0.25, 0.3) is 0 Å². The highest BCUT2D eigenvalue weighted by Gasteiger charge is 2.30. The minimum Gasteiger partial charge on any atom is -0.486 e. The van der Waals surface area contributed by atoms with Gasteiger partial charge in [-0.05, 0) is 61.5 Å². The zero-order valence-electron chi connectivity index (χ0n) is 18.8. The van der Waals surface area contributed by atoms with Crippen molar-refractivity contribution in [2.24, 2.45) is 5.92 Å². The lowest BCUT2D eigenvalue weighted by molar-refractivity contribution is -0.138. The molecule has 5 rings (SSSR count). The van der Waals surface area contributed by atoms with E-state index in [-0.39, 0.29) is 5.92 Å². The lowest BCUT2D eigenvalue weighted by atomic mass is 9.94. The van der Waals surface area contributed by atoms with Crippen LogP contribution < -0.4 is 14.8 Å². The molecule has 1 amide bonds. The van der Waals surface area contributed by atoms with Gasteiger partial charge < -0.3 is 19.7 Å². The van der Waals surface area contributed by atoms with Crippen molar-refractivity contribution in [1.29, 1.82) is 0 Å². The van der Waals surface area contributed by atoms with Gasteiger partial charge in [-0.3, -0.25) is 14.6 Å². The average Bonchev–Trinajstić information content (AvgIpc) is 2.85. The predicted octanol–water partition coefficient (Wildman–Crippen LogP) is 1.86. The van der Waals surface area contributed by atoms with E-state index in [2.05, 4.69) is 44.3 Å². The molecule has 0 aromatic heterocycles. The first-order valence-electron chi connectivity index (χ1n) is 12.0. The third-order valence-electron chi connectivity index (χ3n) is 6.94. The summed E-state index contributed by atoms with van der Waals surface area (Å²) in [6.07, 6.45) is 8.39. The van der Waals surface area contributed by atoms with Gasteiger partial charge in [0.15, 0.2) is 11.5 Å². The van der Waals surface area contributed by atoms with Crippen LogP contribution in [0.15, 0.2) is 42.1 Å². The van der Waals surface area contributed by atoms with E-state index in [4.69, 9.17) is 9.47 Å². The number of piperidine rings is 1. The second-order valence-electron chi connectivity index (χ2n) is 9.15. The normalized spacial score (nSPS) is 22.4. The van der Waals surface area contributed by atoms with Crippen molar-refractivity contribution >= 4 is 5.91 Å². The summed E-state index contributed by atoms with van der Waals surface area (Å²) in [6, 6.07) is 6.22. The van der Waals surface area contributed by atoms with E-state index in [9.17, 15) is 4.79 Å². The Kier molecular flexibility index (Phi) is 6.64. The summed E-state index contributed by atoms with van der Waals surface area (Å²) < 4.78 is 11.3. The minimum atomic E-state index is 0.188. The van der Waals surface area contributed by atoms with Gasteiger partial charge in [0.05, 0.1) is 0 Å². The van der Waals surface area contributed by atoms with Crippen molar-refractivity contribution < 1.29 is 14.3 Å². The van der Waals surface area contributed by atoms with Gasteiger partial charge in [0.1, 0.15) is 13.2 Å². The van der Waals surface area contributed by atoms with Crippen LogP contribution in [-0.4, -0.2) is 86.2 Å². The monoisotopic (exact) mass is 438 g/mol. The first kappa shape index (κ1) is 21.3. The summed E-state index contributed by atoms with van der Waals surface area (Å²) in [6.45, 7) is 9.56. The van der Waals surface area contributed by atoms with Crippen LogP contribution in [0.4, 0.5) is 0 Å². The largest absolute Gasteiger partial charge is 0.486 e. The summed E-state index contributed by atoms with van der Waals surface area (Å²) >= 11 is 0. The minimum absolute atomic E-state index is 0.188. The Bertz CT molecular complexity index is 868. The Hall–Kier alpha value is -2.51. The molecule has 2 fully saturated rings. The molecule has 172 valence electrons. The van der Waals surface area contributed by atoms with Gasteiger partial charge in [-0.25, -0.2) is 0 Å². The van der Waals surface area contributed by atoms with Crippen LogP contribution in [0.3, 0.4) is 0 Å². The molecule has 0 radical (unpaired) electrons. The number of carbonyl (C=O) groups is 1. The maximum Gasteiger partial charge on any atom is 0.225 e. The third kappa shape index (κ3) is 5.10. The van der Waals surface area contributed by atoms with E-state index >= 15 is 0 Å². The van der Waals surface area contributed by atoms with E-state index < -0.39 is 0 Å². The number of benzene rings is 1. The van der Waals surface area contributed by atoms with Gasteiger partial charge in [-0.2, -0.15) is 0 Å². The Balaban J connectivity index is 1.06. The summed E-state index contributed by atoms with van der Waals surface area (Å²) in [5.74, 6) is 2.24. The van der Waals surface area contributed by atoms with Crippen LogP contribution in [-0.2, 0) is 11.3 Å². The molecule has 32 heavy (non-hydrogen) atoms. The highest BCUT2D eigenvalue weighted by atomic mass is 16.6. The average molecular weight is 439 g/mol. The van der Waals surface area contributed by atoms with E-state index in [0.29, 0.717) is 19.1 Å². The second kappa shape index (κ2) is 9.96. The maximum absolute atomic E-state index is 13.1. The molecular formula is C25H34N4O3. The fourth-order valence-electron chi connectivity index (χ4n) is 5.03. The molecule has 7 heteroatoms. The lowest BCUT2D eigenvalue weighted by Crippen LogP contribution is -2.51. The van der Waals surface area contributed by atoms with Crippen molar-refractivity contribution in [3.63, 3.8) is 0 Å². The van der Waals surface area contributed by atoms with E-state index in [1.165, 1.54) is 11.1 Å². The molecule has 0 bridgehead atoms. The number of piperazine rings is 1. The molecule has 1 aromatic rings. The van der Waals surface area contributed by atoms with Gasteiger partial charge in [0.2, 0.25) is 5.91 Å². The van der Waals surface area contributed by atoms with Crippen molar-refractivity contribution in [1.82, 2.24) is 20.0 Å². The summed E-state index contributed by atoms with van der Waals surface area (Å²) in [5, 5.41) is 3.20. The number of nitrogens with zero attached hydrogens (tertiary/aromatic N) is 3. The number of hydrogen-bond donors (Lipinski definition) is 1. The summed E-state index contributed by atoms with van der Waals surface area (Å²) in [5.41, 5.74) is 2.61. The number of ether oxygens (including phenoxy) is 2. The van der Waals surface area contributed by atoms with Crippen LogP contribution in [0, 0.1) is 5.92 Å². The number of amides is 1. The Morgan fingerprint density at radius 2 is 1.69 bits per heavy atom. The number of fused-ring (bicyclic) bond motifs is 1. The van der Waals surface area contributed by atoms with Gasteiger partial charge >= 0.3 is 0 Å². The Morgan fingerprint density at radius 1 is 0.938 bits per heavy atom. The third-order valence-corrected chi connectivity index (χ3v) is 6.94. The molecular weight excluding hydrogens is 404 g/mol. The van der Waals surface area contributed by atoms with Gasteiger partial charge in [-0.1, -0.05) is 12.1 Å². The quantitative estimate of drug-likeness (QED) is 0.758. The van der Waals surface area contributed by atoms with E-state index in [1.54, 1.807) is 0 Å². The van der Waals surface area contributed by atoms with Gasteiger partial charge in [0.25, 0.3) is 0 Å². The predicted molar refractivity (Wildman–Crippen MR) is 124 cm³/mol. The molecule has 0 saturated carbocycles. The van der Waals surface area contributed by atoms with Crippen molar-refractivity contribution in [3.05, 3.63) is 47.7 Å². The highest BCUT2D eigenvalue weighted by Crippen LogP contribution is 2.31. The van der Waals surface area contributed by atoms with Crippen LogP contribution in [0.2, 0.25) is 0 Å². The molecule has 0 spiro atoms. The topological polar surface area (TPSA) is 57.3 Å². The molecule has 0 unspecified atom stereocenters. The fourth-order valence-corrected chi connectivity index (χ4v) is 5.03. The Morgan fingerprint density at radius 3 is 2.44 bits per heavy atom. The molecule has 0 atom stereocenters. The number of rotatable bonds is 5. The molecule has 4 aliphatic heterocycles. The van der Waals surface area contributed by atoms with Crippen LogP contribution >= 0.6 is 0 Å². The fraction of sp³-hybridized carbons (Fsp3) is 0.560. The van der Waals surface area contributed by atoms with Gasteiger partial charge in [-0.15, -0.1) is 0 Å². The zero-order chi connectivity index (χ0) is 21.8. The number of hydrogen-bond acceptors (Lipinski definition) is 6. The number of dihydropyridines is 1. The van der Waals surface area contributed by atoms with Crippen molar-refractivity contribution in [3.8, 4) is 11.5 Å². The standard InChI is InChI=1S/C25H34N4O3/c30-25(22-5-9-27(10-6-22)18-20-3-7-26-8-4-20)29-13-11-28(12-14-29)19-21-1-2-23-24(17-21)32-16-15-31-23/h1-4,7,17,22,26H,5-6,8-16,18-19H2. The van der Waals surface area contributed by atoms with E-state index in [0.717, 1.165) is 83.2 Å². The van der Waals surface area contributed by atoms with Gasteiger partial charge in [0, 0.05) is 51.7 Å². The van der Waals surface area contributed by atoms with Crippen LogP contribution in [0.1, 0.15) is 18.4 Å². The molecule has 7 nitrogen and oxygen atoms in total. The molecule has 4 aliphatic rings. The van der Waals surface area contributed by atoms with Crippen LogP contribution in [0.5, 0.6) is 11.5 Å². The number of likely N-dealkylation sites (tertiary alicyclic amines) is 1. The smallest absolute Gasteiger partial charge is 0.225 e. The zero-order valence-corrected chi connectivity index (χ0v) is 18.8. The molecule has 0 aliphatic carbocycles. The second-order valence-corrected chi connectivity index (χ2v) is 9.15. The molecule has 1 aromatic carbocycles. The first-order valence-corrected chi connectivity index (χ1v) is 12.0. The maximum atomic E-state index is 13.1. The Labute approximate surface area is 190 Å². The highest BCUT2D eigenvalue weighted by molar-refractivity contribution is 5.79. The molecule has 2 saturated heterocycles. The summed E-state index contributed by atoms with van der Waals surface area (Å²) in [4.78, 5) is 20.1. The molecule has 1 N–H and O–H groups in total.